The number of hydrogen-bond acceptors (Lipinski definition) is 2. The zero-order chi connectivity index (χ0) is 17.2. The molecule has 118 valence electrons. The maximum atomic E-state index is 13.7. The molecule has 0 saturated heterocycles. The van der Waals surface area contributed by atoms with Crippen molar-refractivity contribution in [2.45, 2.75) is 6.18 Å². The Morgan fingerprint density at radius 1 is 1.17 bits per heavy atom. The number of nitrogens with zero attached hydrogens (tertiary/aromatic N) is 1. The monoisotopic (exact) mass is 342 g/mol. The number of anilines is 1. The fourth-order valence-electron chi connectivity index (χ4n) is 1.76. The van der Waals surface area contributed by atoms with Crippen molar-refractivity contribution < 1.29 is 22.4 Å². The lowest BCUT2D eigenvalue weighted by Crippen LogP contribution is -2.15. The molecule has 0 bridgehead atoms. The van der Waals surface area contributed by atoms with Crippen LogP contribution in [-0.2, 0) is 6.18 Å². The number of alkyl halides is 3. The van der Waals surface area contributed by atoms with Crippen LogP contribution in [0, 0.1) is 17.1 Å². The van der Waals surface area contributed by atoms with Crippen LogP contribution < -0.4 is 5.32 Å². The van der Waals surface area contributed by atoms with Gasteiger partial charge in [-0.1, -0.05) is 11.6 Å². The van der Waals surface area contributed by atoms with Gasteiger partial charge in [0.15, 0.2) is 0 Å². The van der Waals surface area contributed by atoms with Gasteiger partial charge in [0.05, 0.1) is 33.5 Å². The second-order valence-electron chi connectivity index (χ2n) is 4.45. The van der Waals surface area contributed by atoms with E-state index in [4.69, 9.17) is 16.9 Å². The van der Waals surface area contributed by atoms with E-state index in [9.17, 15) is 22.4 Å². The standard InChI is InChI=1S/C15H7ClF4N2O/c16-11-4-2-9(15(18,19)20)6-13(11)22-14(23)10-3-1-8(7-21)5-12(10)17/h1-6H,(H,22,23). The molecule has 8 heteroatoms. The zero-order valence-electron chi connectivity index (χ0n) is 11.2. The van der Waals surface area contributed by atoms with Crippen LogP contribution in [0.5, 0.6) is 0 Å². The first-order chi connectivity index (χ1) is 10.7. The van der Waals surface area contributed by atoms with Crippen molar-refractivity contribution >= 4 is 23.2 Å². The summed E-state index contributed by atoms with van der Waals surface area (Å²) in [6.07, 6.45) is -4.61. The predicted octanol–water partition coefficient (Wildman–Crippen LogP) is 4.62. The molecule has 23 heavy (non-hydrogen) atoms. The van der Waals surface area contributed by atoms with Crippen LogP contribution in [0.3, 0.4) is 0 Å². The Morgan fingerprint density at radius 3 is 2.43 bits per heavy atom. The number of halogens is 5. The Labute approximate surface area is 133 Å². The van der Waals surface area contributed by atoms with Crippen LogP contribution in [0.4, 0.5) is 23.2 Å². The van der Waals surface area contributed by atoms with E-state index in [2.05, 4.69) is 5.32 Å². The van der Waals surface area contributed by atoms with Crippen LogP contribution in [0.1, 0.15) is 21.5 Å². The highest BCUT2D eigenvalue weighted by Gasteiger charge is 2.31. The van der Waals surface area contributed by atoms with Crippen molar-refractivity contribution in [3.05, 3.63) is 63.9 Å². The number of hydrogen-bond donors (Lipinski definition) is 1. The topological polar surface area (TPSA) is 52.9 Å². The third-order valence-corrected chi connectivity index (χ3v) is 3.21. The highest BCUT2D eigenvalue weighted by molar-refractivity contribution is 6.34. The first kappa shape index (κ1) is 16.8. The lowest BCUT2D eigenvalue weighted by atomic mass is 10.1. The summed E-state index contributed by atoms with van der Waals surface area (Å²) in [5, 5.41) is 10.6. The van der Waals surface area contributed by atoms with E-state index in [1.54, 1.807) is 6.07 Å². The van der Waals surface area contributed by atoms with E-state index in [0.717, 1.165) is 24.3 Å². The normalized spacial score (nSPS) is 11.0. The Kier molecular flexibility index (Phi) is 4.57. The van der Waals surface area contributed by atoms with Gasteiger partial charge in [-0.05, 0) is 36.4 Å². The first-order valence-electron chi connectivity index (χ1n) is 6.10. The molecule has 0 aliphatic heterocycles. The summed E-state index contributed by atoms with van der Waals surface area (Å²) in [5.74, 6) is -1.95. The molecule has 0 saturated carbocycles. The molecule has 0 aromatic heterocycles. The lowest BCUT2D eigenvalue weighted by molar-refractivity contribution is -0.137. The quantitative estimate of drug-likeness (QED) is 0.809. The van der Waals surface area contributed by atoms with Crippen molar-refractivity contribution in [3.8, 4) is 6.07 Å². The summed E-state index contributed by atoms with van der Waals surface area (Å²) in [5.41, 5.74) is -1.71. The summed E-state index contributed by atoms with van der Waals surface area (Å²) in [7, 11) is 0. The van der Waals surface area contributed by atoms with Gasteiger partial charge in [0.1, 0.15) is 5.82 Å². The molecule has 1 N–H and O–H groups in total. The van der Waals surface area contributed by atoms with Crippen molar-refractivity contribution in [3.63, 3.8) is 0 Å². The van der Waals surface area contributed by atoms with Crippen LogP contribution >= 0.6 is 11.6 Å². The van der Waals surface area contributed by atoms with Gasteiger partial charge in [-0.3, -0.25) is 4.79 Å². The number of carbonyl (C=O) groups excluding carboxylic acids is 1. The molecule has 0 spiro atoms. The second kappa shape index (κ2) is 6.26. The number of rotatable bonds is 2. The van der Waals surface area contributed by atoms with Crippen LogP contribution in [0.25, 0.3) is 0 Å². The number of benzene rings is 2. The van der Waals surface area contributed by atoms with Gasteiger partial charge in [-0.25, -0.2) is 4.39 Å². The van der Waals surface area contributed by atoms with Gasteiger partial charge in [0.25, 0.3) is 5.91 Å². The minimum Gasteiger partial charge on any atom is -0.321 e. The van der Waals surface area contributed by atoms with Gasteiger partial charge in [-0.2, -0.15) is 18.4 Å². The van der Waals surface area contributed by atoms with Crippen molar-refractivity contribution in [1.29, 1.82) is 5.26 Å². The van der Waals surface area contributed by atoms with Gasteiger partial charge < -0.3 is 5.32 Å². The van der Waals surface area contributed by atoms with E-state index >= 15 is 0 Å². The fraction of sp³-hybridized carbons (Fsp3) is 0.0667. The molecule has 0 aliphatic rings. The summed E-state index contributed by atoms with van der Waals surface area (Å²) in [6, 6.07) is 7.22. The van der Waals surface area contributed by atoms with E-state index < -0.39 is 29.0 Å². The molecule has 2 aromatic rings. The van der Waals surface area contributed by atoms with Gasteiger partial charge in [0.2, 0.25) is 0 Å². The molecule has 0 fully saturated rings. The first-order valence-corrected chi connectivity index (χ1v) is 6.48. The molecule has 0 heterocycles. The number of nitrogens with one attached hydrogen (secondary N) is 1. The Hall–Kier alpha value is -2.59. The maximum absolute atomic E-state index is 13.7. The molecule has 3 nitrogen and oxygen atoms in total. The summed E-state index contributed by atoms with van der Waals surface area (Å²) in [4.78, 5) is 12.0. The molecule has 0 unspecified atom stereocenters. The third-order valence-electron chi connectivity index (χ3n) is 2.88. The molecule has 0 atom stereocenters. The van der Waals surface area contributed by atoms with Gasteiger partial charge in [-0.15, -0.1) is 0 Å². The predicted molar refractivity (Wildman–Crippen MR) is 75.5 cm³/mol. The largest absolute Gasteiger partial charge is 0.416 e. The molecule has 0 radical (unpaired) electrons. The maximum Gasteiger partial charge on any atom is 0.416 e. The molecular formula is C15H7ClF4N2O. The lowest BCUT2D eigenvalue weighted by Gasteiger charge is -2.12. The number of carbonyl (C=O) groups is 1. The van der Waals surface area contributed by atoms with Gasteiger partial charge >= 0.3 is 6.18 Å². The molecular weight excluding hydrogens is 336 g/mol. The highest BCUT2D eigenvalue weighted by Crippen LogP contribution is 2.34. The summed E-state index contributed by atoms with van der Waals surface area (Å²) >= 11 is 5.75. The van der Waals surface area contributed by atoms with Crippen LogP contribution in [-0.4, -0.2) is 5.91 Å². The van der Waals surface area contributed by atoms with E-state index in [0.29, 0.717) is 6.07 Å². The Morgan fingerprint density at radius 2 is 1.87 bits per heavy atom. The van der Waals surface area contributed by atoms with Crippen LogP contribution in [0.2, 0.25) is 5.02 Å². The van der Waals surface area contributed by atoms with E-state index in [1.165, 1.54) is 6.07 Å². The average Bonchev–Trinajstić information content (AvgIpc) is 2.47. The minimum atomic E-state index is -4.61. The smallest absolute Gasteiger partial charge is 0.321 e. The Bertz CT molecular complexity index is 812. The SMILES string of the molecule is N#Cc1ccc(C(=O)Nc2cc(C(F)(F)F)ccc2Cl)c(F)c1. The van der Waals surface area contributed by atoms with Crippen molar-refractivity contribution in [2.24, 2.45) is 0 Å². The van der Waals surface area contributed by atoms with Gasteiger partial charge in [0, 0.05) is 0 Å². The zero-order valence-corrected chi connectivity index (χ0v) is 12.0. The average molecular weight is 343 g/mol. The van der Waals surface area contributed by atoms with E-state index in [-0.39, 0.29) is 16.3 Å². The Balaban J connectivity index is 2.32. The summed E-state index contributed by atoms with van der Waals surface area (Å²) in [6.45, 7) is 0. The highest BCUT2D eigenvalue weighted by atomic mass is 35.5. The van der Waals surface area contributed by atoms with Crippen molar-refractivity contribution in [2.75, 3.05) is 5.32 Å². The number of amides is 1. The number of nitriles is 1. The molecule has 2 aromatic carbocycles. The van der Waals surface area contributed by atoms with Crippen molar-refractivity contribution in [1.82, 2.24) is 0 Å². The van der Waals surface area contributed by atoms with E-state index in [1.807, 2.05) is 0 Å². The second-order valence-corrected chi connectivity index (χ2v) is 4.86. The molecule has 2 rings (SSSR count). The fourth-order valence-corrected chi connectivity index (χ4v) is 1.92. The molecule has 0 aliphatic carbocycles. The third kappa shape index (κ3) is 3.79. The minimum absolute atomic E-state index is 0.0103. The summed E-state index contributed by atoms with van der Waals surface area (Å²) < 4.78 is 51.7. The molecule has 1 amide bonds. The van der Waals surface area contributed by atoms with Crippen LogP contribution in [0.15, 0.2) is 36.4 Å².